The number of carbonyl (C=O) groups is 1. The van der Waals surface area contributed by atoms with Gasteiger partial charge in [-0.15, -0.1) is 0 Å². The first kappa shape index (κ1) is 20.1. The molecule has 0 saturated carbocycles. The Hall–Kier alpha value is -1.18. The maximum Gasteiger partial charge on any atom is 0.257 e. The van der Waals surface area contributed by atoms with E-state index >= 15 is 0 Å². The number of carbonyl (C=O) groups excluding carboxylic acids is 1. The van der Waals surface area contributed by atoms with Crippen LogP contribution >= 0.6 is 46.4 Å². The van der Waals surface area contributed by atoms with Gasteiger partial charge in [-0.2, -0.15) is 0 Å². The molecular weight excluding hydrogens is 430 g/mol. The summed E-state index contributed by atoms with van der Waals surface area (Å²) in [7, 11) is -3.65. The van der Waals surface area contributed by atoms with E-state index in [4.69, 9.17) is 46.4 Å². The minimum Gasteiger partial charge on any atom is -0.322 e. The molecule has 2 aromatic rings. The van der Waals surface area contributed by atoms with Crippen molar-refractivity contribution in [2.75, 3.05) is 15.8 Å². The number of rotatable bonds is 5. The van der Waals surface area contributed by atoms with Crippen LogP contribution in [0, 0.1) is 0 Å². The lowest BCUT2D eigenvalue weighted by Crippen LogP contribution is -2.20. The molecule has 1 amide bonds. The van der Waals surface area contributed by atoms with Crippen molar-refractivity contribution in [1.82, 2.24) is 0 Å². The van der Waals surface area contributed by atoms with Gasteiger partial charge in [-0.3, -0.25) is 9.52 Å². The zero-order chi connectivity index (χ0) is 18.8. The Kier molecular flexibility index (Phi) is 6.45. The van der Waals surface area contributed by atoms with Crippen molar-refractivity contribution in [3.63, 3.8) is 0 Å². The van der Waals surface area contributed by atoms with Crippen LogP contribution in [0.2, 0.25) is 20.1 Å². The van der Waals surface area contributed by atoms with Crippen molar-refractivity contribution in [3.05, 3.63) is 56.0 Å². The summed E-state index contributed by atoms with van der Waals surface area (Å²) in [6, 6.07) is 7.18. The van der Waals surface area contributed by atoms with E-state index in [1.807, 2.05) is 0 Å². The van der Waals surface area contributed by atoms with Crippen molar-refractivity contribution in [2.45, 2.75) is 6.92 Å². The predicted octanol–water partition coefficient (Wildman–Crippen LogP) is 5.31. The zero-order valence-electron chi connectivity index (χ0n) is 12.7. The van der Waals surface area contributed by atoms with E-state index in [-0.39, 0.29) is 32.1 Å². The maximum atomic E-state index is 12.6. The second kappa shape index (κ2) is 8.01. The van der Waals surface area contributed by atoms with Crippen LogP contribution in [0.3, 0.4) is 0 Å². The Balaban J connectivity index is 2.42. The van der Waals surface area contributed by atoms with Gasteiger partial charge >= 0.3 is 0 Å². The number of hydrogen-bond acceptors (Lipinski definition) is 3. The number of anilines is 2. The summed E-state index contributed by atoms with van der Waals surface area (Å²) in [5, 5.41) is 3.37. The van der Waals surface area contributed by atoms with Gasteiger partial charge in [-0.1, -0.05) is 46.4 Å². The summed E-state index contributed by atoms with van der Waals surface area (Å²) in [4.78, 5) is 12.6. The van der Waals surface area contributed by atoms with Gasteiger partial charge in [0.05, 0.1) is 32.1 Å². The van der Waals surface area contributed by atoms with Crippen molar-refractivity contribution in [1.29, 1.82) is 0 Å². The molecular formula is C15H12Cl4N2O3S. The number of benzene rings is 2. The van der Waals surface area contributed by atoms with Gasteiger partial charge in [0.25, 0.3) is 5.91 Å². The summed E-state index contributed by atoms with van der Waals surface area (Å²) in [5.74, 6) is -0.795. The van der Waals surface area contributed by atoms with Crippen molar-refractivity contribution >= 4 is 73.7 Å². The summed E-state index contributed by atoms with van der Waals surface area (Å²) < 4.78 is 26.0. The summed E-state index contributed by atoms with van der Waals surface area (Å²) >= 11 is 23.7. The second-order valence-electron chi connectivity index (χ2n) is 4.90. The summed E-state index contributed by atoms with van der Waals surface area (Å²) in [6.45, 7) is 1.46. The molecule has 0 radical (unpaired) electrons. The SMILES string of the molecule is CCS(=O)(=O)Nc1c(Cl)cc(Cl)cc1C(=O)Nc1ccc(Cl)c(Cl)c1. The average molecular weight is 442 g/mol. The third kappa shape index (κ3) is 5.15. The third-order valence-corrected chi connectivity index (χ3v) is 5.65. The van der Waals surface area contributed by atoms with E-state index in [1.165, 1.54) is 31.2 Å². The van der Waals surface area contributed by atoms with Crippen molar-refractivity contribution < 1.29 is 13.2 Å². The predicted molar refractivity (Wildman–Crippen MR) is 104 cm³/mol. The highest BCUT2D eigenvalue weighted by molar-refractivity contribution is 7.92. The topological polar surface area (TPSA) is 75.3 Å². The van der Waals surface area contributed by atoms with E-state index in [0.717, 1.165) is 0 Å². The lowest BCUT2D eigenvalue weighted by Gasteiger charge is -2.14. The van der Waals surface area contributed by atoms with E-state index in [1.54, 1.807) is 6.07 Å². The molecule has 2 N–H and O–H groups in total. The molecule has 0 saturated heterocycles. The minimum absolute atomic E-state index is 0.00353. The molecule has 0 bridgehead atoms. The van der Waals surface area contributed by atoms with Gasteiger partial charge in [0, 0.05) is 10.7 Å². The summed E-state index contributed by atoms with van der Waals surface area (Å²) in [5.41, 5.74) is 0.297. The van der Waals surface area contributed by atoms with Gasteiger partial charge in [-0.25, -0.2) is 8.42 Å². The van der Waals surface area contributed by atoms with Crippen LogP contribution < -0.4 is 10.0 Å². The highest BCUT2D eigenvalue weighted by Crippen LogP contribution is 2.32. The molecule has 0 unspecified atom stereocenters. The first-order chi connectivity index (χ1) is 11.6. The lowest BCUT2D eigenvalue weighted by atomic mass is 10.1. The minimum atomic E-state index is -3.65. The lowest BCUT2D eigenvalue weighted by molar-refractivity contribution is 0.102. The van der Waals surface area contributed by atoms with Gasteiger partial charge in [0.2, 0.25) is 10.0 Å². The van der Waals surface area contributed by atoms with Crippen LogP contribution in [0.1, 0.15) is 17.3 Å². The molecule has 0 heterocycles. The van der Waals surface area contributed by atoms with Crippen LogP contribution in [-0.4, -0.2) is 20.1 Å². The molecule has 2 aromatic carbocycles. The highest BCUT2D eigenvalue weighted by atomic mass is 35.5. The van der Waals surface area contributed by atoms with E-state index in [0.29, 0.717) is 10.7 Å². The van der Waals surface area contributed by atoms with Crippen LogP contribution in [-0.2, 0) is 10.0 Å². The van der Waals surface area contributed by atoms with Crippen LogP contribution in [0.15, 0.2) is 30.3 Å². The van der Waals surface area contributed by atoms with Crippen molar-refractivity contribution in [2.24, 2.45) is 0 Å². The molecule has 0 aliphatic rings. The Bertz CT molecular complexity index is 933. The molecule has 0 aliphatic carbocycles. The van der Waals surface area contributed by atoms with E-state index in [2.05, 4.69) is 10.0 Å². The second-order valence-corrected chi connectivity index (χ2v) is 8.57. The van der Waals surface area contributed by atoms with Gasteiger partial charge in [0.1, 0.15) is 0 Å². The number of halogens is 4. The molecule has 10 heteroatoms. The Morgan fingerprint density at radius 3 is 2.28 bits per heavy atom. The molecule has 0 aliphatic heterocycles. The normalized spacial score (nSPS) is 11.2. The molecule has 5 nitrogen and oxygen atoms in total. The smallest absolute Gasteiger partial charge is 0.257 e. The first-order valence-electron chi connectivity index (χ1n) is 6.89. The third-order valence-electron chi connectivity index (χ3n) is 3.11. The van der Waals surface area contributed by atoms with E-state index < -0.39 is 15.9 Å². The fourth-order valence-electron chi connectivity index (χ4n) is 1.86. The monoisotopic (exact) mass is 440 g/mol. The number of hydrogen-bond donors (Lipinski definition) is 2. The standard InChI is InChI=1S/C15H12Cl4N2O3S/c1-2-25(23,24)21-14-10(5-8(16)6-13(14)19)15(22)20-9-3-4-11(17)12(18)7-9/h3-7,21H,2H2,1H3,(H,20,22). The molecule has 134 valence electrons. The van der Waals surface area contributed by atoms with Gasteiger partial charge in [0.15, 0.2) is 0 Å². The molecule has 2 rings (SSSR count). The fourth-order valence-corrected chi connectivity index (χ4v) is 3.43. The number of sulfonamides is 1. The number of nitrogens with one attached hydrogen (secondary N) is 2. The molecule has 0 atom stereocenters. The van der Waals surface area contributed by atoms with E-state index in [9.17, 15) is 13.2 Å². The highest BCUT2D eigenvalue weighted by Gasteiger charge is 2.20. The van der Waals surface area contributed by atoms with Crippen LogP contribution in [0.5, 0.6) is 0 Å². The fraction of sp³-hybridized carbons (Fsp3) is 0.133. The Morgan fingerprint density at radius 2 is 1.68 bits per heavy atom. The van der Waals surface area contributed by atoms with Crippen LogP contribution in [0.4, 0.5) is 11.4 Å². The quantitative estimate of drug-likeness (QED) is 0.659. The molecule has 0 fully saturated rings. The van der Waals surface area contributed by atoms with Crippen molar-refractivity contribution in [3.8, 4) is 0 Å². The van der Waals surface area contributed by atoms with Crippen LogP contribution in [0.25, 0.3) is 0 Å². The Morgan fingerprint density at radius 1 is 1.00 bits per heavy atom. The average Bonchev–Trinajstić information content (AvgIpc) is 2.53. The first-order valence-corrected chi connectivity index (χ1v) is 10.1. The summed E-state index contributed by atoms with van der Waals surface area (Å²) in [6.07, 6.45) is 0. The molecule has 0 spiro atoms. The largest absolute Gasteiger partial charge is 0.322 e. The van der Waals surface area contributed by atoms with Gasteiger partial charge < -0.3 is 5.32 Å². The van der Waals surface area contributed by atoms with Gasteiger partial charge in [-0.05, 0) is 37.3 Å². The number of amides is 1. The maximum absolute atomic E-state index is 12.6. The molecule has 25 heavy (non-hydrogen) atoms. The zero-order valence-corrected chi connectivity index (χ0v) is 16.6. The molecule has 0 aromatic heterocycles. The Labute approximate surface area is 165 Å².